The van der Waals surface area contributed by atoms with Crippen molar-refractivity contribution in [1.82, 2.24) is 4.98 Å². The highest BCUT2D eigenvalue weighted by Crippen LogP contribution is 2.28. The van der Waals surface area contributed by atoms with Crippen molar-refractivity contribution in [2.24, 2.45) is 11.8 Å². The van der Waals surface area contributed by atoms with Gasteiger partial charge in [0.1, 0.15) is 5.78 Å². The van der Waals surface area contributed by atoms with Crippen LogP contribution in [0.25, 0.3) is 0 Å². The second-order valence-corrected chi connectivity index (χ2v) is 4.61. The Morgan fingerprint density at radius 1 is 1.53 bits per heavy atom. The Hall–Kier alpha value is -1.18. The molecule has 0 spiro atoms. The van der Waals surface area contributed by atoms with Crippen molar-refractivity contribution in [2.75, 3.05) is 0 Å². The molecule has 2 nitrogen and oxygen atoms in total. The van der Waals surface area contributed by atoms with Crippen LogP contribution in [0.5, 0.6) is 0 Å². The van der Waals surface area contributed by atoms with Gasteiger partial charge in [0.15, 0.2) is 0 Å². The molecule has 0 aliphatic heterocycles. The molecule has 15 heavy (non-hydrogen) atoms. The zero-order valence-corrected chi connectivity index (χ0v) is 9.15. The topological polar surface area (TPSA) is 30.0 Å². The molecule has 0 aromatic carbocycles. The van der Waals surface area contributed by atoms with E-state index >= 15 is 0 Å². The van der Waals surface area contributed by atoms with Gasteiger partial charge in [-0.3, -0.25) is 9.78 Å². The highest BCUT2D eigenvalue weighted by molar-refractivity contribution is 5.82. The lowest BCUT2D eigenvalue weighted by molar-refractivity contribution is -0.125. The third-order valence-electron chi connectivity index (χ3n) is 3.23. The Morgan fingerprint density at radius 2 is 2.40 bits per heavy atom. The second kappa shape index (κ2) is 4.56. The van der Waals surface area contributed by atoms with Gasteiger partial charge in [0, 0.05) is 24.7 Å². The summed E-state index contributed by atoms with van der Waals surface area (Å²) < 4.78 is 0. The Bertz CT molecular complexity index is 334. The molecule has 1 aliphatic carbocycles. The van der Waals surface area contributed by atoms with E-state index in [4.69, 9.17) is 0 Å². The molecule has 2 atom stereocenters. The third kappa shape index (κ3) is 2.65. The number of ketones is 1. The van der Waals surface area contributed by atoms with E-state index in [0.717, 1.165) is 25.7 Å². The molecule has 0 radical (unpaired) electrons. The van der Waals surface area contributed by atoms with Crippen molar-refractivity contribution in [3.63, 3.8) is 0 Å². The number of carbonyl (C=O) groups is 1. The predicted molar refractivity (Wildman–Crippen MR) is 59.5 cm³/mol. The summed E-state index contributed by atoms with van der Waals surface area (Å²) in [6.07, 6.45) is 7.40. The molecule has 2 heteroatoms. The first kappa shape index (κ1) is 10.3. The molecule has 1 aromatic rings. The Kier molecular flexibility index (Phi) is 3.14. The monoisotopic (exact) mass is 203 g/mol. The average Bonchev–Trinajstić information content (AvgIpc) is 2.25. The molecule has 0 bridgehead atoms. The minimum absolute atomic E-state index is 0.234. The van der Waals surface area contributed by atoms with Crippen molar-refractivity contribution in [3.05, 3.63) is 30.1 Å². The maximum atomic E-state index is 11.7. The minimum atomic E-state index is 0.234. The summed E-state index contributed by atoms with van der Waals surface area (Å²) in [4.78, 5) is 15.8. The summed E-state index contributed by atoms with van der Waals surface area (Å²) in [5.41, 5.74) is 1.19. The lowest BCUT2D eigenvalue weighted by Crippen LogP contribution is -2.25. The Labute approximate surface area is 90.7 Å². The van der Waals surface area contributed by atoms with Gasteiger partial charge in [-0.25, -0.2) is 0 Å². The maximum absolute atomic E-state index is 11.7. The number of rotatable bonds is 2. The van der Waals surface area contributed by atoms with Crippen molar-refractivity contribution < 1.29 is 4.79 Å². The summed E-state index contributed by atoms with van der Waals surface area (Å²) in [5.74, 6) is 1.37. The number of hydrogen-bond donors (Lipinski definition) is 0. The van der Waals surface area contributed by atoms with Gasteiger partial charge in [-0.05, 0) is 36.8 Å². The van der Waals surface area contributed by atoms with Gasteiger partial charge in [0.25, 0.3) is 0 Å². The highest BCUT2D eigenvalue weighted by atomic mass is 16.1. The number of carbonyl (C=O) groups excluding carboxylic acids is 1. The van der Waals surface area contributed by atoms with Gasteiger partial charge < -0.3 is 0 Å². The predicted octanol–water partition coefficient (Wildman–Crippen LogP) is 2.63. The van der Waals surface area contributed by atoms with E-state index in [1.54, 1.807) is 6.20 Å². The summed E-state index contributed by atoms with van der Waals surface area (Å²) in [6, 6.07) is 3.99. The van der Waals surface area contributed by atoms with Gasteiger partial charge in [0.2, 0.25) is 0 Å². The molecule has 1 fully saturated rings. The SMILES string of the molecule is C[C@@H]1CCC(=O)[C@@H](Cc2cccnc2)C1. The molecule has 0 N–H and O–H groups in total. The van der Waals surface area contributed by atoms with E-state index in [9.17, 15) is 4.79 Å². The van der Waals surface area contributed by atoms with Crippen LogP contribution in [-0.4, -0.2) is 10.8 Å². The van der Waals surface area contributed by atoms with Crippen molar-refractivity contribution in [3.8, 4) is 0 Å². The number of pyridine rings is 1. The van der Waals surface area contributed by atoms with E-state index in [2.05, 4.69) is 18.0 Å². The maximum Gasteiger partial charge on any atom is 0.136 e. The van der Waals surface area contributed by atoms with Crippen LogP contribution in [0, 0.1) is 11.8 Å². The van der Waals surface area contributed by atoms with E-state index in [0.29, 0.717) is 11.7 Å². The fourth-order valence-corrected chi connectivity index (χ4v) is 2.33. The van der Waals surface area contributed by atoms with Crippen molar-refractivity contribution >= 4 is 5.78 Å². The fourth-order valence-electron chi connectivity index (χ4n) is 2.33. The first-order valence-corrected chi connectivity index (χ1v) is 5.67. The number of hydrogen-bond acceptors (Lipinski definition) is 2. The average molecular weight is 203 g/mol. The Morgan fingerprint density at radius 3 is 3.13 bits per heavy atom. The van der Waals surface area contributed by atoms with Crippen LogP contribution in [0.3, 0.4) is 0 Å². The van der Waals surface area contributed by atoms with Crippen LogP contribution in [0.4, 0.5) is 0 Å². The molecule has 0 amide bonds. The largest absolute Gasteiger partial charge is 0.299 e. The second-order valence-electron chi connectivity index (χ2n) is 4.61. The van der Waals surface area contributed by atoms with Gasteiger partial charge >= 0.3 is 0 Å². The van der Waals surface area contributed by atoms with Gasteiger partial charge in [-0.2, -0.15) is 0 Å². The van der Waals surface area contributed by atoms with Crippen LogP contribution in [0.15, 0.2) is 24.5 Å². The smallest absolute Gasteiger partial charge is 0.136 e. The molecular weight excluding hydrogens is 186 g/mol. The molecule has 1 aromatic heterocycles. The molecule has 0 saturated heterocycles. The van der Waals surface area contributed by atoms with Gasteiger partial charge in [-0.1, -0.05) is 13.0 Å². The fraction of sp³-hybridized carbons (Fsp3) is 0.538. The molecule has 0 unspecified atom stereocenters. The van der Waals surface area contributed by atoms with Crippen molar-refractivity contribution in [1.29, 1.82) is 0 Å². The molecule has 80 valence electrons. The highest BCUT2D eigenvalue weighted by Gasteiger charge is 2.26. The first-order chi connectivity index (χ1) is 7.25. The van der Waals surface area contributed by atoms with Crippen LogP contribution in [0.1, 0.15) is 31.7 Å². The lowest BCUT2D eigenvalue weighted by atomic mass is 9.79. The van der Waals surface area contributed by atoms with Gasteiger partial charge in [-0.15, -0.1) is 0 Å². The number of aromatic nitrogens is 1. The van der Waals surface area contributed by atoms with Crippen LogP contribution >= 0.6 is 0 Å². The number of Topliss-reactive ketones (excluding diaryl/α,β-unsaturated/α-hetero) is 1. The Balaban J connectivity index is 2.01. The minimum Gasteiger partial charge on any atom is -0.299 e. The molecular formula is C13H17NO. The first-order valence-electron chi connectivity index (χ1n) is 5.67. The summed E-state index contributed by atoms with van der Waals surface area (Å²) >= 11 is 0. The van der Waals surface area contributed by atoms with E-state index < -0.39 is 0 Å². The molecule has 1 saturated carbocycles. The summed E-state index contributed by atoms with van der Waals surface area (Å²) in [5, 5.41) is 0. The van der Waals surface area contributed by atoms with E-state index in [-0.39, 0.29) is 5.92 Å². The number of nitrogens with zero attached hydrogens (tertiary/aromatic N) is 1. The molecule has 2 rings (SSSR count). The van der Waals surface area contributed by atoms with Gasteiger partial charge in [0.05, 0.1) is 0 Å². The third-order valence-corrected chi connectivity index (χ3v) is 3.23. The van der Waals surface area contributed by atoms with Crippen LogP contribution in [-0.2, 0) is 11.2 Å². The summed E-state index contributed by atoms with van der Waals surface area (Å²) in [7, 11) is 0. The zero-order valence-electron chi connectivity index (χ0n) is 9.15. The summed E-state index contributed by atoms with van der Waals surface area (Å²) in [6.45, 7) is 2.24. The van der Waals surface area contributed by atoms with Crippen LogP contribution in [0.2, 0.25) is 0 Å². The molecule has 1 aliphatic rings. The zero-order chi connectivity index (χ0) is 10.7. The molecule has 1 heterocycles. The van der Waals surface area contributed by atoms with E-state index in [1.807, 2.05) is 12.3 Å². The van der Waals surface area contributed by atoms with E-state index in [1.165, 1.54) is 5.56 Å². The lowest BCUT2D eigenvalue weighted by Gasteiger charge is -2.25. The van der Waals surface area contributed by atoms with Crippen molar-refractivity contribution in [2.45, 2.75) is 32.6 Å². The quantitative estimate of drug-likeness (QED) is 0.739. The normalized spacial score (nSPS) is 26.6. The van der Waals surface area contributed by atoms with Crippen LogP contribution < -0.4 is 0 Å². The standard InChI is InChI=1S/C13H17NO/c1-10-4-5-13(15)12(7-10)8-11-3-2-6-14-9-11/h2-3,6,9-10,12H,4-5,7-8H2,1H3/t10-,12-/m1/s1.